The van der Waals surface area contributed by atoms with Crippen LogP contribution in [0.4, 0.5) is 0 Å². The lowest BCUT2D eigenvalue weighted by atomic mass is 9.69. The molecule has 0 radical (unpaired) electrons. The van der Waals surface area contributed by atoms with Crippen LogP contribution in [0.1, 0.15) is 26.7 Å². The van der Waals surface area contributed by atoms with E-state index in [1.165, 1.54) is 12.8 Å². The minimum Gasteiger partial charge on any atom is -0.271 e. The number of halogens is 2. The fraction of sp³-hybridized carbons (Fsp3) is 1.00. The van der Waals surface area contributed by atoms with Crippen LogP contribution < -0.4 is 11.3 Å². The Bertz CT molecular complexity index is 87.7. The summed E-state index contributed by atoms with van der Waals surface area (Å²) in [5, 5.41) is 0. The third-order valence-corrected chi connectivity index (χ3v) is 1.83. The van der Waals surface area contributed by atoms with Crippen molar-refractivity contribution in [2.75, 3.05) is 0 Å². The highest BCUT2D eigenvalue weighted by Gasteiger charge is 2.34. The highest BCUT2D eigenvalue weighted by atomic mass is 35.5. The highest BCUT2D eigenvalue weighted by Crippen LogP contribution is 2.39. The van der Waals surface area contributed by atoms with E-state index in [9.17, 15) is 0 Å². The van der Waals surface area contributed by atoms with E-state index in [0.29, 0.717) is 11.5 Å². The third-order valence-electron chi connectivity index (χ3n) is 1.83. The van der Waals surface area contributed by atoms with Gasteiger partial charge in [0.25, 0.3) is 0 Å². The lowest BCUT2D eigenvalue weighted by Crippen LogP contribution is -2.48. The summed E-state index contributed by atoms with van der Waals surface area (Å²) in [5.41, 5.74) is 3.31. The predicted molar refractivity (Wildman–Crippen MR) is 48.6 cm³/mol. The second-order valence-electron chi connectivity index (χ2n) is 3.44. The van der Waals surface area contributed by atoms with E-state index < -0.39 is 0 Å². The van der Waals surface area contributed by atoms with Gasteiger partial charge in [-0.05, 0) is 18.3 Å². The van der Waals surface area contributed by atoms with Gasteiger partial charge in [0.1, 0.15) is 0 Å². The van der Waals surface area contributed by atoms with E-state index in [2.05, 4.69) is 19.3 Å². The normalized spacial score (nSPS) is 21.9. The molecule has 4 heteroatoms. The number of rotatable bonds is 1. The van der Waals surface area contributed by atoms with E-state index >= 15 is 0 Å². The molecule has 0 spiro atoms. The van der Waals surface area contributed by atoms with E-state index in [1.54, 1.807) is 0 Å². The van der Waals surface area contributed by atoms with Crippen molar-refractivity contribution in [3.63, 3.8) is 0 Å². The molecule has 0 saturated heterocycles. The molecule has 1 rings (SSSR count). The Labute approximate surface area is 74.7 Å². The number of hydrogen-bond acceptors (Lipinski definition) is 2. The molecule has 0 aromatic heterocycles. The third kappa shape index (κ3) is 3.06. The maximum absolute atomic E-state index is 5.20. The maximum Gasteiger partial charge on any atom is 0.0220 e. The van der Waals surface area contributed by atoms with Gasteiger partial charge in [0.05, 0.1) is 0 Å². The number of hydrogen-bond donors (Lipinski definition) is 2. The van der Waals surface area contributed by atoms with Crippen molar-refractivity contribution in [3.8, 4) is 0 Å². The smallest absolute Gasteiger partial charge is 0.0220 e. The fourth-order valence-electron chi connectivity index (χ4n) is 1.39. The highest BCUT2D eigenvalue weighted by molar-refractivity contribution is 5.85. The monoisotopic (exact) mass is 186 g/mol. The molecule has 0 aromatic carbocycles. The Morgan fingerprint density at radius 1 is 1.30 bits per heavy atom. The molecule has 0 aromatic rings. The van der Waals surface area contributed by atoms with Gasteiger partial charge in [-0.2, -0.15) is 0 Å². The number of hydrazine groups is 1. The van der Waals surface area contributed by atoms with Gasteiger partial charge in [-0.3, -0.25) is 11.3 Å². The average Bonchev–Trinajstić information content (AvgIpc) is 1.60. The van der Waals surface area contributed by atoms with Crippen LogP contribution in [0.25, 0.3) is 0 Å². The van der Waals surface area contributed by atoms with Gasteiger partial charge < -0.3 is 0 Å². The van der Waals surface area contributed by atoms with Crippen molar-refractivity contribution in [2.45, 2.75) is 32.7 Å². The Hall–Kier alpha value is 0.500. The van der Waals surface area contributed by atoms with Crippen molar-refractivity contribution in [3.05, 3.63) is 0 Å². The molecule has 0 aliphatic heterocycles. The summed E-state index contributed by atoms with van der Waals surface area (Å²) in [5.74, 6) is 5.20. The van der Waals surface area contributed by atoms with Gasteiger partial charge in [0.15, 0.2) is 0 Å². The Balaban J connectivity index is 0. The largest absolute Gasteiger partial charge is 0.271 e. The predicted octanol–water partition coefficient (Wildman–Crippen LogP) is 1.48. The fourth-order valence-corrected chi connectivity index (χ4v) is 1.39. The Morgan fingerprint density at radius 3 is 1.80 bits per heavy atom. The van der Waals surface area contributed by atoms with E-state index in [1.807, 2.05) is 0 Å². The quantitative estimate of drug-likeness (QED) is 0.482. The zero-order valence-electron chi connectivity index (χ0n) is 6.39. The summed E-state index contributed by atoms with van der Waals surface area (Å²) in [4.78, 5) is 0. The van der Waals surface area contributed by atoms with E-state index in [4.69, 9.17) is 5.84 Å². The second-order valence-corrected chi connectivity index (χ2v) is 3.44. The van der Waals surface area contributed by atoms with Crippen LogP contribution in [0.3, 0.4) is 0 Å². The molecular formula is C6H16Cl2N2. The summed E-state index contributed by atoms with van der Waals surface area (Å²) < 4.78 is 0. The van der Waals surface area contributed by atoms with Crippen molar-refractivity contribution in [1.29, 1.82) is 0 Å². The molecule has 0 amide bonds. The first-order valence-electron chi connectivity index (χ1n) is 3.10. The molecule has 3 N–H and O–H groups in total. The molecule has 0 unspecified atom stereocenters. The van der Waals surface area contributed by atoms with Gasteiger partial charge in [-0.15, -0.1) is 24.8 Å². The van der Waals surface area contributed by atoms with Gasteiger partial charge in [-0.25, -0.2) is 0 Å². The first-order chi connectivity index (χ1) is 3.64. The summed E-state index contributed by atoms with van der Waals surface area (Å²) in [6.07, 6.45) is 2.45. The zero-order valence-corrected chi connectivity index (χ0v) is 8.02. The van der Waals surface area contributed by atoms with Crippen LogP contribution in [0, 0.1) is 5.41 Å². The van der Waals surface area contributed by atoms with Crippen LogP contribution in [0.2, 0.25) is 0 Å². The van der Waals surface area contributed by atoms with Crippen LogP contribution in [-0.4, -0.2) is 6.04 Å². The summed E-state index contributed by atoms with van der Waals surface area (Å²) in [7, 11) is 0. The molecule has 1 fully saturated rings. The van der Waals surface area contributed by atoms with E-state index in [0.717, 1.165) is 0 Å². The van der Waals surface area contributed by atoms with Crippen molar-refractivity contribution in [2.24, 2.45) is 11.3 Å². The first kappa shape index (κ1) is 13.1. The minimum absolute atomic E-state index is 0. The van der Waals surface area contributed by atoms with Gasteiger partial charge in [0, 0.05) is 6.04 Å². The topological polar surface area (TPSA) is 38.0 Å². The minimum atomic E-state index is 0. The first-order valence-corrected chi connectivity index (χ1v) is 3.10. The van der Waals surface area contributed by atoms with Crippen molar-refractivity contribution < 1.29 is 0 Å². The lowest BCUT2D eigenvalue weighted by molar-refractivity contribution is 0.127. The van der Waals surface area contributed by atoms with Crippen LogP contribution in [-0.2, 0) is 0 Å². The Kier molecular flexibility index (Phi) is 5.76. The maximum atomic E-state index is 5.20. The zero-order chi connectivity index (χ0) is 6.20. The molecule has 1 saturated carbocycles. The molecule has 0 atom stereocenters. The van der Waals surface area contributed by atoms with Gasteiger partial charge >= 0.3 is 0 Å². The van der Waals surface area contributed by atoms with Crippen LogP contribution in [0.5, 0.6) is 0 Å². The molecule has 2 nitrogen and oxygen atoms in total. The molecule has 1 aliphatic carbocycles. The number of nitrogens with one attached hydrogen (secondary N) is 1. The SMILES string of the molecule is CC1(C)CC(NN)C1.Cl.Cl. The lowest BCUT2D eigenvalue weighted by Gasteiger charge is -2.41. The van der Waals surface area contributed by atoms with Gasteiger partial charge in [0.2, 0.25) is 0 Å². The molecule has 1 aliphatic rings. The summed E-state index contributed by atoms with van der Waals surface area (Å²) in [6, 6.07) is 0.588. The summed E-state index contributed by atoms with van der Waals surface area (Å²) >= 11 is 0. The molecule has 0 bridgehead atoms. The van der Waals surface area contributed by atoms with Crippen molar-refractivity contribution >= 4 is 24.8 Å². The van der Waals surface area contributed by atoms with Gasteiger partial charge in [-0.1, -0.05) is 13.8 Å². The standard InChI is InChI=1S/C6H14N2.2ClH/c1-6(2)3-5(4-6)8-7;;/h5,8H,3-4,7H2,1-2H3;2*1H. The van der Waals surface area contributed by atoms with Crippen LogP contribution in [0.15, 0.2) is 0 Å². The molecule has 10 heavy (non-hydrogen) atoms. The molecule has 0 heterocycles. The Morgan fingerprint density at radius 2 is 1.70 bits per heavy atom. The average molecular weight is 187 g/mol. The van der Waals surface area contributed by atoms with Crippen molar-refractivity contribution in [1.82, 2.24) is 5.43 Å². The molecular weight excluding hydrogens is 171 g/mol. The second kappa shape index (κ2) is 4.39. The number of nitrogens with two attached hydrogens (primary N) is 1. The molecule has 64 valence electrons. The van der Waals surface area contributed by atoms with E-state index in [-0.39, 0.29) is 24.8 Å². The summed E-state index contributed by atoms with van der Waals surface area (Å²) in [6.45, 7) is 4.53. The van der Waals surface area contributed by atoms with Crippen LogP contribution >= 0.6 is 24.8 Å².